The zero-order valence-corrected chi connectivity index (χ0v) is 12.8. The molecule has 1 aliphatic rings. The Morgan fingerprint density at radius 2 is 1.95 bits per heavy atom. The second-order valence-electron chi connectivity index (χ2n) is 6.08. The Balaban J connectivity index is 1.76. The summed E-state index contributed by atoms with van der Waals surface area (Å²) in [4.78, 5) is 4.84. The molecule has 0 spiro atoms. The summed E-state index contributed by atoms with van der Waals surface area (Å²) in [6, 6.07) is 8.54. The minimum absolute atomic E-state index is 0.334. The van der Waals surface area contributed by atoms with Crippen molar-refractivity contribution in [1.82, 2.24) is 15.1 Å². The minimum atomic E-state index is 0.334. The van der Waals surface area contributed by atoms with Gasteiger partial charge in [-0.2, -0.15) is 0 Å². The molecular weight excluding hydrogens is 250 g/mol. The smallest absolute Gasteiger partial charge is 0.115 e. The first-order chi connectivity index (χ1) is 9.54. The van der Waals surface area contributed by atoms with Crippen LogP contribution in [0.3, 0.4) is 0 Å². The Bertz CT molecular complexity index is 407. The lowest BCUT2D eigenvalue weighted by molar-refractivity contribution is 0.112. The van der Waals surface area contributed by atoms with Gasteiger partial charge in [0.1, 0.15) is 5.75 Å². The summed E-state index contributed by atoms with van der Waals surface area (Å²) in [6.07, 6.45) is 0.993. The normalized spacial score (nSPS) is 22.9. The number of hydrogen-bond donors (Lipinski definition) is 2. The molecule has 20 heavy (non-hydrogen) atoms. The molecule has 1 aliphatic heterocycles. The van der Waals surface area contributed by atoms with Crippen LogP contribution in [0.5, 0.6) is 5.75 Å². The number of rotatable bonds is 5. The van der Waals surface area contributed by atoms with Crippen LogP contribution >= 0.6 is 0 Å². The highest BCUT2D eigenvalue weighted by molar-refractivity contribution is 5.26. The van der Waals surface area contributed by atoms with E-state index in [4.69, 9.17) is 0 Å². The first-order valence-corrected chi connectivity index (χ1v) is 7.44. The maximum Gasteiger partial charge on any atom is 0.115 e. The predicted molar refractivity (Wildman–Crippen MR) is 83.2 cm³/mol. The van der Waals surface area contributed by atoms with Gasteiger partial charge in [-0.25, -0.2) is 0 Å². The number of nitrogens with zero attached hydrogens (tertiary/aromatic N) is 2. The van der Waals surface area contributed by atoms with Crippen molar-refractivity contribution in [2.45, 2.75) is 25.4 Å². The molecule has 0 radical (unpaired) electrons. The molecule has 1 aromatic carbocycles. The Labute approximate surface area is 122 Å². The molecular formula is C16H27N3O. The van der Waals surface area contributed by atoms with Crippen molar-refractivity contribution in [3.63, 3.8) is 0 Å². The van der Waals surface area contributed by atoms with Crippen molar-refractivity contribution >= 4 is 0 Å². The van der Waals surface area contributed by atoms with Crippen LogP contribution in [0, 0.1) is 0 Å². The number of aromatic hydroxyl groups is 1. The van der Waals surface area contributed by atoms with E-state index in [0.717, 1.165) is 32.6 Å². The first-order valence-electron chi connectivity index (χ1n) is 7.44. The lowest BCUT2D eigenvalue weighted by Gasteiger charge is -2.38. The average molecular weight is 277 g/mol. The maximum absolute atomic E-state index is 9.29. The zero-order chi connectivity index (χ0) is 14.5. The molecule has 2 rings (SSSR count). The zero-order valence-electron chi connectivity index (χ0n) is 12.8. The van der Waals surface area contributed by atoms with Gasteiger partial charge in [0.25, 0.3) is 0 Å². The van der Waals surface area contributed by atoms with E-state index in [2.05, 4.69) is 36.1 Å². The van der Waals surface area contributed by atoms with Crippen LogP contribution in [0.4, 0.5) is 0 Å². The molecule has 112 valence electrons. The highest BCUT2D eigenvalue weighted by atomic mass is 16.3. The van der Waals surface area contributed by atoms with Crippen LogP contribution in [0.25, 0.3) is 0 Å². The van der Waals surface area contributed by atoms with Crippen molar-refractivity contribution in [2.24, 2.45) is 0 Å². The third-order valence-electron chi connectivity index (χ3n) is 4.16. The maximum atomic E-state index is 9.29. The second kappa shape index (κ2) is 7.07. The third-order valence-corrected chi connectivity index (χ3v) is 4.16. The van der Waals surface area contributed by atoms with E-state index in [9.17, 15) is 5.11 Å². The number of phenols is 1. The van der Waals surface area contributed by atoms with E-state index < -0.39 is 0 Å². The van der Waals surface area contributed by atoms with Crippen LogP contribution < -0.4 is 5.32 Å². The average Bonchev–Trinajstić information content (AvgIpc) is 2.42. The van der Waals surface area contributed by atoms with Crippen LogP contribution in [0.2, 0.25) is 0 Å². The summed E-state index contributed by atoms with van der Waals surface area (Å²) in [5, 5.41) is 12.9. The summed E-state index contributed by atoms with van der Waals surface area (Å²) in [7, 11) is 4.41. The molecule has 0 aliphatic carbocycles. The minimum Gasteiger partial charge on any atom is -0.508 e. The third kappa shape index (κ3) is 4.47. The molecule has 4 heteroatoms. The van der Waals surface area contributed by atoms with E-state index in [1.165, 1.54) is 5.56 Å². The van der Waals surface area contributed by atoms with E-state index in [0.29, 0.717) is 17.8 Å². The Kier molecular flexibility index (Phi) is 5.40. The molecule has 0 amide bonds. The van der Waals surface area contributed by atoms with Gasteiger partial charge in [-0.3, -0.25) is 4.90 Å². The number of phenolic OH excluding ortho intramolecular Hbond substituents is 1. The van der Waals surface area contributed by atoms with Crippen LogP contribution in [0.1, 0.15) is 12.5 Å². The number of piperazine rings is 1. The van der Waals surface area contributed by atoms with Gasteiger partial charge in [0.05, 0.1) is 0 Å². The van der Waals surface area contributed by atoms with Gasteiger partial charge in [-0.05, 0) is 45.1 Å². The summed E-state index contributed by atoms with van der Waals surface area (Å²) in [6.45, 7) is 6.69. The highest BCUT2D eigenvalue weighted by Gasteiger charge is 2.22. The largest absolute Gasteiger partial charge is 0.508 e. The molecule has 0 saturated carbocycles. The van der Waals surface area contributed by atoms with Crippen LogP contribution in [-0.2, 0) is 6.42 Å². The van der Waals surface area contributed by atoms with Gasteiger partial charge in [0.2, 0.25) is 0 Å². The summed E-state index contributed by atoms with van der Waals surface area (Å²) < 4.78 is 0. The van der Waals surface area contributed by atoms with Gasteiger partial charge in [0.15, 0.2) is 0 Å². The van der Waals surface area contributed by atoms with Gasteiger partial charge in [0, 0.05) is 38.3 Å². The number of benzene rings is 1. The fourth-order valence-corrected chi connectivity index (χ4v) is 2.72. The van der Waals surface area contributed by atoms with Crippen molar-refractivity contribution < 1.29 is 5.11 Å². The number of hydrogen-bond acceptors (Lipinski definition) is 4. The fraction of sp³-hybridized carbons (Fsp3) is 0.625. The molecule has 4 nitrogen and oxygen atoms in total. The quantitative estimate of drug-likeness (QED) is 0.847. The van der Waals surface area contributed by atoms with E-state index >= 15 is 0 Å². The van der Waals surface area contributed by atoms with Crippen LogP contribution in [0.15, 0.2) is 24.3 Å². The molecule has 1 heterocycles. The van der Waals surface area contributed by atoms with Gasteiger partial charge >= 0.3 is 0 Å². The molecule has 0 bridgehead atoms. The second-order valence-corrected chi connectivity index (χ2v) is 6.08. The van der Waals surface area contributed by atoms with Gasteiger partial charge in [-0.1, -0.05) is 12.1 Å². The number of nitrogens with one attached hydrogen (secondary N) is 1. The SMILES string of the molecule is CC(Cc1ccc(O)cc1)NCC1CN(C)CCN1C. The molecule has 2 atom stereocenters. The van der Waals surface area contributed by atoms with E-state index in [1.807, 2.05) is 12.1 Å². The molecule has 1 fully saturated rings. The molecule has 2 unspecified atom stereocenters. The Hall–Kier alpha value is -1.10. The summed E-state index contributed by atoms with van der Waals surface area (Å²) in [5.74, 6) is 0.334. The van der Waals surface area contributed by atoms with Gasteiger partial charge in [-0.15, -0.1) is 0 Å². The molecule has 0 aromatic heterocycles. The van der Waals surface area contributed by atoms with Crippen molar-refractivity contribution in [1.29, 1.82) is 0 Å². The molecule has 2 N–H and O–H groups in total. The summed E-state index contributed by atoms with van der Waals surface area (Å²) in [5.41, 5.74) is 1.26. The van der Waals surface area contributed by atoms with E-state index in [-0.39, 0.29) is 0 Å². The monoisotopic (exact) mass is 277 g/mol. The standard InChI is InChI=1S/C16H27N3O/c1-13(10-14-4-6-16(20)7-5-14)17-11-15-12-18(2)8-9-19(15)3/h4-7,13,15,17,20H,8-12H2,1-3H3. The Morgan fingerprint density at radius 1 is 1.25 bits per heavy atom. The summed E-state index contributed by atoms with van der Waals surface area (Å²) >= 11 is 0. The van der Waals surface area contributed by atoms with E-state index in [1.54, 1.807) is 12.1 Å². The van der Waals surface area contributed by atoms with Crippen molar-refractivity contribution in [2.75, 3.05) is 40.3 Å². The molecule has 1 saturated heterocycles. The lowest BCUT2D eigenvalue weighted by atomic mass is 10.1. The van der Waals surface area contributed by atoms with Crippen molar-refractivity contribution in [3.05, 3.63) is 29.8 Å². The first kappa shape index (κ1) is 15.3. The van der Waals surface area contributed by atoms with Gasteiger partial charge < -0.3 is 15.3 Å². The lowest BCUT2D eigenvalue weighted by Crippen LogP contribution is -2.54. The predicted octanol–water partition coefficient (Wildman–Crippen LogP) is 1.16. The van der Waals surface area contributed by atoms with Crippen LogP contribution in [-0.4, -0.2) is 67.3 Å². The topological polar surface area (TPSA) is 38.7 Å². The van der Waals surface area contributed by atoms with Crippen molar-refractivity contribution in [3.8, 4) is 5.75 Å². The Morgan fingerprint density at radius 3 is 2.65 bits per heavy atom. The highest BCUT2D eigenvalue weighted by Crippen LogP contribution is 2.11. The number of likely N-dealkylation sites (N-methyl/N-ethyl adjacent to an activating group) is 2. The molecule has 1 aromatic rings. The fourth-order valence-electron chi connectivity index (χ4n) is 2.72.